The van der Waals surface area contributed by atoms with Gasteiger partial charge < -0.3 is 9.84 Å². The smallest absolute Gasteiger partial charge is 0.133 e. The predicted molar refractivity (Wildman–Crippen MR) is 52.7 cm³/mol. The van der Waals surface area contributed by atoms with Crippen molar-refractivity contribution in [3.63, 3.8) is 0 Å². The Bertz CT molecular complexity index is 334. The topological polar surface area (TPSA) is 38.1 Å². The van der Waals surface area contributed by atoms with E-state index in [4.69, 9.17) is 4.52 Å². The first-order valence-corrected chi connectivity index (χ1v) is 5.48. The molecule has 0 amide bonds. The van der Waals surface area contributed by atoms with Gasteiger partial charge >= 0.3 is 0 Å². The van der Waals surface area contributed by atoms with Crippen LogP contribution in [0.2, 0.25) is 0 Å². The number of hydrogen-bond acceptors (Lipinski definition) is 3. The van der Waals surface area contributed by atoms with Crippen LogP contribution >= 0.6 is 0 Å². The van der Waals surface area contributed by atoms with Gasteiger partial charge in [-0.15, -0.1) is 0 Å². The van der Waals surface area contributed by atoms with E-state index in [0.717, 1.165) is 35.9 Å². The maximum Gasteiger partial charge on any atom is 0.133 e. The second kappa shape index (κ2) is 3.09. The molecule has 0 aliphatic heterocycles. The van der Waals surface area contributed by atoms with E-state index in [0.29, 0.717) is 0 Å². The maximum atomic E-state index is 5.03. The van der Waals surface area contributed by atoms with E-state index in [1.165, 1.54) is 19.3 Å². The van der Waals surface area contributed by atoms with Crippen LogP contribution in [0.5, 0.6) is 0 Å². The van der Waals surface area contributed by atoms with Crippen LogP contribution in [0.1, 0.15) is 30.7 Å². The summed E-state index contributed by atoms with van der Waals surface area (Å²) in [6.45, 7) is 2.80. The Kier molecular flexibility index (Phi) is 1.87. The van der Waals surface area contributed by atoms with Gasteiger partial charge in [-0.1, -0.05) is 5.16 Å². The van der Waals surface area contributed by atoms with E-state index in [1.54, 1.807) is 0 Å². The second-order valence-corrected chi connectivity index (χ2v) is 4.65. The summed E-state index contributed by atoms with van der Waals surface area (Å²) in [7, 11) is 0. The molecule has 0 bridgehead atoms. The fraction of sp³-hybridized carbons (Fsp3) is 0.727. The third-order valence-electron chi connectivity index (χ3n) is 3.56. The number of fused-ring (bicyclic) bond motifs is 1. The monoisotopic (exact) mass is 192 g/mol. The summed E-state index contributed by atoms with van der Waals surface area (Å²) in [5.41, 5.74) is 1.03. The summed E-state index contributed by atoms with van der Waals surface area (Å²) < 4.78 is 5.03. The molecule has 0 aromatic carbocycles. The van der Waals surface area contributed by atoms with Crippen LogP contribution in [0.3, 0.4) is 0 Å². The minimum Gasteiger partial charge on any atom is -0.361 e. The standard InChI is InChI=1S/C11H16N2O/c1-7-4-9(13-14-7)6-12-11-3-2-8-5-10(8)11/h4,8,10-12H,2-3,5-6H2,1H3/t8-,10+,11?/m1/s1. The van der Waals surface area contributed by atoms with Gasteiger partial charge in [0.2, 0.25) is 0 Å². The molecule has 2 aliphatic carbocycles. The molecule has 3 nitrogen and oxygen atoms in total. The molecule has 2 aliphatic rings. The highest BCUT2D eigenvalue weighted by molar-refractivity contribution is 5.05. The van der Waals surface area contributed by atoms with Gasteiger partial charge in [-0.25, -0.2) is 0 Å². The molecule has 0 saturated heterocycles. The molecule has 3 atom stereocenters. The molecule has 2 saturated carbocycles. The molecule has 2 fully saturated rings. The van der Waals surface area contributed by atoms with Gasteiger partial charge in [0, 0.05) is 18.7 Å². The lowest BCUT2D eigenvalue weighted by atomic mass is 10.1. The Morgan fingerprint density at radius 2 is 2.50 bits per heavy atom. The number of nitrogens with one attached hydrogen (secondary N) is 1. The molecule has 0 spiro atoms. The highest BCUT2D eigenvalue weighted by atomic mass is 16.5. The lowest BCUT2D eigenvalue weighted by molar-refractivity contribution is 0.383. The van der Waals surface area contributed by atoms with Gasteiger partial charge in [-0.05, 0) is 38.0 Å². The molecule has 1 N–H and O–H groups in total. The quantitative estimate of drug-likeness (QED) is 0.794. The van der Waals surface area contributed by atoms with Crippen LogP contribution in [0, 0.1) is 18.8 Å². The highest BCUT2D eigenvalue weighted by Gasteiger charge is 2.47. The van der Waals surface area contributed by atoms with Gasteiger partial charge in [0.15, 0.2) is 0 Å². The van der Waals surface area contributed by atoms with E-state index >= 15 is 0 Å². The summed E-state index contributed by atoms with van der Waals surface area (Å²) in [5.74, 6) is 2.92. The fourth-order valence-corrected chi connectivity index (χ4v) is 2.69. The summed E-state index contributed by atoms with van der Waals surface area (Å²) in [6, 6.07) is 2.75. The molecular weight excluding hydrogens is 176 g/mol. The summed E-state index contributed by atoms with van der Waals surface area (Å²) in [4.78, 5) is 0. The van der Waals surface area contributed by atoms with Crippen LogP contribution in [0.25, 0.3) is 0 Å². The number of aromatic nitrogens is 1. The molecule has 0 radical (unpaired) electrons. The molecule has 14 heavy (non-hydrogen) atoms. The number of rotatable bonds is 3. The Balaban J connectivity index is 1.54. The minimum atomic E-state index is 0.747. The maximum absolute atomic E-state index is 5.03. The van der Waals surface area contributed by atoms with Crippen LogP contribution in [-0.4, -0.2) is 11.2 Å². The van der Waals surface area contributed by atoms with Crippen LogP contribution in [0.15, 0.2) is 10.6 Å². The lowest BCUT2D eigenvalue weighted by Gasteiger charge is -2.12. The Morgan fingerprint density at radius 3 is 3.07 bits per heavy atom. The van der Waals surface area contributed by atoms with E-state index in [1.807, 2.05) is 13.0 Å². The van der Waals surface area contributed by atoms with E-state index < -0.39 is 0 Å². The van der Waals surface area contributed by atoms with Crippen LogP contribution in [0.4, 0.5) is 0 Å². The summed E-state index contributed by atoms with van der Waals surface area (Å²) in [6.07, 6.45) is 4.24. The Labute approximate surface area is 83.9 Å². The molecule has 76 valence electrons. The predicted octanol–water partition coefficient (Wildman–Crippen LogP) is 1.87. The molecular formula is C11H16N2O. The fourth-order valence-electron chi connectivity index (χ4n) is 2.69. The molecule has 3 rings (SSSR count). The van der Waals surface area contributed by atoms with Crippen molar-refractivity contribution in [2.24, 2.45) is 11.8 Å². The van der Waals surface area contributed by atoms with E-state index in [-0.39, 0.29) is 0 Å². The third kappa shape index (κ3) is 1.46. The third-order valence-corrected chi connectivity index (χ3v) is 3.56. The van der Waals surface area contributed by atoms with Crippen molar-refractivity contribution in [2.45, 2.75) is 38.8 Å². The van der Waals surface area contributed by atoms with E-state index in [2.05, 4.69) is 10.5 Å². The Morgan fingerprint density at radius 1 is 1.57 bits per heavy atom. The van der Waals surface area contributed by atoms with Gasteiger partial charge in [-0.2, -0.15) is 0 Å². The van der Waals surface area contributed by atoms with Crippen molar-refractivity contribution in [3.8, 4) is 0 Å². The first kappa shape index (κ1) is 8.48. The molecule has 3 heteroatoms. The molecule has 1 aromatic rings. The molecule has 1 aromatic heterocycles. The first-order chi connectivity index (χ1) is 6.83. The largest absolute Gasteiger partial charge is 0.361 e. The van der Waals surface area contributed by atoms with Crippen molar-refractivity contribution in [1.29, 1.82) is 0 Å². The average molecular weight is 192 g/mol. The molecule has 1 heterocycles. The number of nitrogens with zero attached hydrogens (tertiary/aromatic N) is 1. The summed E-state index contributed by atoms with van der Waals surface area (Å²) in [5, 5.41) is 7.56. The lowest BCUT2D eigenvalue weighted by Crippen LogP contribution is -2.28. The average Bonchev–Trinajstić information content (AvgIpc) is 2.66. The van der Waals surface area contributed by atoms with Crippen molar-refractivity contribution in [2.75, 3.05) is 0 Å². The minimum absolute atomic E-state index is 0.747. The number of hydrogen-bond donors (Lipinski definition) is 1. The Hall–Kier alpha value is -0.830. The number of aryl methyl sites for hydroxylation is 1. The van der Waals surface area contributed by atoms with Crippen molar-refractivity contribution in [3.05, 3.63) is 17.5 Å². The SMILES string of the molecule is Cc1cc(CNC2CC[C@@H]3C[C@H]23)no1. The van der Waals surface area contributed by atoms with Gasteiger partial charge in [0.25, 0.3) is 0 Å². The normalized spacial score (nSPS) is 34.5. The summed E-state index contributed by atoms with van der Waals surface area (Å²) >= 11 is 0. The van der Waals surface area contributed by atoms with Crippen molar-refractivity contribution in [1.82, 2.24) is 10.5 Å². The zero-order valence-corrected chi connectivity index (χ0v) is 8.49. The highest BCUT2D eigenvalue weighted by Crippen LogP contribution is 2.51. The van der Waals surface area contributed by atoms with Gasteiger partial charge in [0.05, 0.1) is 5.69 Å². The van der Waals surface area contributed by atoms with Crippen LogP contribution in [-0.2, 0) is 6.54 Å². The zero-order chi connectivity index (χ0) is 9.54. The first-order valence-electron chi connectivity index (χ1n) is 5.48. The molecule has 1 unspecified atom stereocenters. The zero-order valence-electron chi connectivity index (χ0n) is 8.49. The second-order valence-electron chi connectivity index (χ2n) is 4.65. The van der Waals surface area contributed by atoms with Gasteiger partial charge in [0.1, 0.15) is 5.76 Å². The van der Waals surface area contributed by atoms with Crippen molar-refractivity contribution < 1.29 is 4.52 Å². The van der Waals surface area contributed by atoms with Gasteiger partial charge in [-0.3, -0.25) is 0 Å². The van der Waals surface area contributed by atoms with Crippen molar-refractivity contribution >= 4 is 0 Å². The van der Waals surface area contributed by atoms with E-state index in [9.17, 15) is 0 Å². The van der Waals surface area contributed by atoms with Crippen LogP contribution < -0.4 is 5.32 Å².